The summed E-state index contributed by atoms with van der Waals surface area (Å²) in [5, 5.41) is 3.62. The molecule has 0 aromatic rings. The third kappa shape index (κ3) is 5.47. The van der Waals surface area contributed by atoms with Crippen LogP contribution in [0.3, 0.4) is 0 Å². The zero-order valence-corrected chi connectivity index (χ0v) is 10.5. The first kappa shape index (κ1) is 13.5. The van der Waals surface area contributed by atoms with Crippen LogP contribution in [0.5, 0.6) is 0 Å². The molecule has 1 rings (SSSR count). The van der Waals surface area contributed by atoms with Crippen molar-refractivity contribution in [2.45, 2.75) is 45.1 Å². The van der Waals surface area contributed by atoms with Crippen molar-refractivity contribution in [1.82, 2.24) is 5.32 Å². The molecule has 1 aliphatic rings. The molecule has 16 heavy (non-hydrogen) atoms. The van der Waals surface area contributed by atoms with E-state index in [4.69, 9.17) is 4.74 Å². The lowest BCUT2D eigenvalue weighted by atomic mass is 10.1. The molecule has 0 aromatic carbocycles. The summed E-state index contributed by atoms with van der Waals surface area (Å²) in [5.41, 5.74) is 1.55. The Bertz CT molecular complexity index is 223. The van der Waals surface area contributed by atoms with Crippen molar-refractivity contribution in [3.8, 4) is 0 Å². The average Bonchev–Trinajstić information content (AvgIpc) is 2.35. The number of allylic oxidation sites excluding steroid dienone is 1. The van der Waals surface area contributed by atoms with E-state index in [-0.39, 0.29) is 0 Å². The molecule has 1 N–H and O–H groups in total. The third-order valence-corrected chi connectivity index (χ3v) is 3.15. The fraction of sp³-hybridized carbons (Fsp3) is 0.714. The van der Waals surface area contributed by atoms with Gasteiger partial charge in [0, 0.05) is 6.04 Å². The Labute approximate surface area is 99.8 Å². The first-order valence-corrected chi connectivity index (χ1v) is 6.46. The van der Waals surface area contributed by atoms with Crippen LogP contribution in [0.1, 0.15) is 39.0 Å². The van der Waals surface area contributed by atoms with Gasteiger partial charge in [-0.3, -0.25) is 0 Å². The molecule has 1 aliphatic heterocycles. The largest absolute Gasteiger partial charge is 0.377 e. The third-order valence-electron chi connectivity index (χ3n) is 3.15. The highest BCUT2D eigenvalue weighted by molar-refractivity contribution is 5.04. The Morgan fingerprint density at radius 2 is 2.50 bits per heavy atom. The standard InChI is InChI=1S/C14H25NO/c1-3-5-6-14(4-2)15-10-7-13-8-11-16-12-9-13/h3,8,14-15H,1,4-7,9-12H2,2H3. The average molecular weight is 223 g/mol. The predicted molar refractivity (Wildman–Crippen MR) is 69.6 cm³/mol. The van der Waals surface area contributed by atoms with Crippen molar-refractivity contribution in [3.05, 3.63) is 24.3 Å². The molecule has 0 bridgehead atoms. The van der Waals surface area contributed by atoms with Gasteiger partial charge < -0.3 is 10.1 Å². The van der Waals surface area contributed by atoms with Gasteiger partial charge in [0.25, 0.3) is 0 Å². The van der Waals surface area contributed by atoms with Gasteiger partial charge in [-0.25, -0.2) is 0 Å². The fourth-order valence-corrected chi connectivity index (χ4v) is 2.00. The molecule has 0 aliphatic carbocycles. The van der Waals surface area contributed by atoms with Gasteiger partial charge in [-0.2, -0.15) is 0 Å². The topological polar surface area (TPSA) is 21.3 Å². The van der Waals surface area contributed by atoms with Crippen molar-refractivity contribution in [2.24, 2.45) is 0 Å². The number of hydrogen-bond donors (Lipinski definition) is 1. The minimum Gasteiger partial charge on any atom is -0.377 e. The molecule has 1 atom stereocenters. The Kier molecular flexibility index (Phi) is 7.19. The Morgan fingerprint density at radius 3 is 3.12 bits per heavy atom. The number of ether oxygens (including phenoxy) is 1. The molecule has 2 heteroatoms. The molecule has 2 nitrogen and oxygen atoms in total. The SMILES string of the molecule is C=CCCC(CC)NCCC1=CCOCC1. The highest BCUT2D eigenvalue weighted by atomic mass is 16.5. The molecule has 0 saturated carbocycles. The van der Waals surface area contributed by atoms with Gasteiger partial charge in [-0.1, -0.05) is 24.6 Å². The summed E-state index contributed by atoms with van der Waals surface area (Å²) in [7, 11) is 0. The van der Waals surface area contributed by atoms with E-state index in [2.05, 4.69) is 24.9 Å². The van der Waals surface area contributed by atoms with Crippen molar-refractivity contribution in [3.63, 3.8) is 0 Å². The molecule has 0 spiro atoms. The minimum atomic E-state index is 0.651. The van der Waals surface area contributed by atoms with Crippen molar-refractivity contribution < 1.29 is 4.74 Å². The molecule has 0 amide bonds. The number of nitrogens with one attached hydrogen (secondary N) is 1. The maximum atomic E-state index is 5.29. The summed E-state index contributed by atoms with van der Waals surface area (Å²) < 4.78 is 5.29. The van der Waals surface area contributed by atoms with Crippen LogP contribution in [-0.4, -0.2) is 25.8 Å². The summed E-state index contributed by atoms with van der Waals surface area (Å²) in [5.74, 6) is 0. The predicted octanol–water partition coefficient (Wildman–Crippen LogP) is 3.06. The van der Waals surface area contributed by atoms with E-state index in [1.165, 1.54) is 19.3 Å². The highest BCUT2D eigenvalue weighted by Crippen LogP contribution is 2.11. The van der Waals surface area contributed by atoms with Crippen LogP contribution in [0.15, 0.2) is 24.3 Å². The van der Waals surface area contributed by atoms with Crippen LogP contribution in [0.25, 0.3) is 0 Å². The van der Waals surface area contributed by atoms with Crippen molar-refractivity contribution in [2.75, 3.05) is 19.8 Å². The monoisotopic (exact) mass is 223 g/mol. The van der Waals surface area contributed by atoms with Crippen LogP contribution in [0.4, 0.5) is 0 Å². The second-order valence-corrected chi connectivity index (χ2v) is 4.36. The smallest absolute Gasteiger partial charge is 0.0650 e. The van der Waals surface area contributed by atoms with Gasteiger partial charge in [-0.05, 0) is 38.6 Å². The molecule has 0 saturated heterocycles. The van der Waals surface area contributed by atoms with E-state index in [1.54, 1.807) is 5.57 Å². The van der Waals surface area contributed by atoms with E-state index in [9.17, 15) is 0 Å². The second-order valence-electron chi connectivity index (χ2n) is 4.36. The Hall–Kier alpha value is -0.600. The summed E-state index contributed by atoms with van der Waals surface area (Å²) in [6.07, 6.45) is 10.1. The number of hydrogen-bond acceptors (Lipinski definition) is 2. The van der Waals surface area contributed by atoms with E-state index >= 15 is 0 Å². The van der Waals surface area contributed by atoms with Gasteiger partial charge in [0.2, 0.25) is 0 Å². The van der Waals surface area contributed by atoms with Gasteiger partial charge >= 0.3 is 0 Å². The van der Waals surface area contributed by atoms with Gasteiger partial charge in [0.05, 0.1) is 13.2 Å². The maximum absolute atomic E-state index is 5.29. The van der Waals surface area contributed by atoms with Gasteiger partial charge in [0.15, 0.2) is 0 Å². The van der Waals surface area contributed by atoms with E-state index in [0.717, 1.165) is 32.6 Å². The Morgan fingerprint density at radius 1 is 1.62 bits per heavy atom. The lowest BCUT2D eigenvalue weighted by Gasteiger charge is -2.18. The lowest BCUT2D eigenvalue weighted by molar-refractivity contribution is 0.153. The molecular weight excluding hydrogens is 198 g/mol. The molecule has 92 valence electrons. The van der Waals surface area contributed by atoms with E-state index < -0.39 is 0 Å². The molecular formula is C14H25NO. The summed E-state index contributed by atoms with van der Waals surface area (Å²) in [4.78, 5) is 0. The van der Waals surface area contributed by atoms with Crippen molar-refractivity contribution in [1.29, 1.82) is 0 Å². The first-order valence-electron chi connectivity index (χ1n) is 6.46. The van der Waals surface area contributed by atoms with E-state index in [0.29, 0.717) is 6.04 Å². The number of rotatable bonds is 8. The minimum absolute atomic E-state index is 0.651. The Balaban J connectivity index is 2.12. The zero-order chi connectivity index (χ0) is 11.6. The van der Waals surface area contributed by atoms with Crippen molar-refractivity contribution >= 4 is 0 Å². The molecule has 0 radical (unpaired) electrons. The van der Waals surface area contributed by atoms with Crippen LogP contribution >= 0.6 is 0 Å². The highest BCUT2D eigenvalue weighted by Gasteiger charge is 2.06. The quantitative estimate of drug-likeness (QED) is 0.639. The van der Waals surface area contributed by atoms with Crippen LogP contribution in [0, 0.1) is 0 Å². The summed E-state index contributed by atoms with van der Waals surface area (Å²) in [6, 6.07) is 0.651. The van der Waals surface area contributed by atoms with Gasteiger partial charge in [-0.15, -0.1) is 6.58 Å². The molecule has 0 aromatic heterocycles. The molecule has 1 heterocycles. The summed E-state index contributed by atoms with van der Waals surface area (Å²) in [6.45, 7) is 8.82. The lowest BCUT2D eigenvalue weighted by Crippen LogP contribution is -2.29. The van der Waals surface area contributed by atoms with Crippen LogP contribution in [0.2, 0.25) is 0 Å². The van der Waals surface area contributed by atoms with Crippen LogP contribution < -0.4 is 5.32 Å². The summed E-state index contributed by atoms with van der Waals surface area (Å²) >= 11 is 0. The zero-order valence-electron chi connectivity index (χ0n) is 10.5. The first-order chi connectivity index (χ1) is 7.86. The molecule has 1 unspecified atom stereocenters. The second kappa shape index (κ2) is 8.54. The normalized spacial score (nSPS) is 17.9. The fourth-order valence-electron chi connectivity index (χ4n) is 2.00. The maximum Gasteiger partial charge on any atom is 0.0650 e. The molecule has 0 fully saturated rings. The van der Waals surface area contributed by atoms with Gasteiger partial charge in [0.1, 0.15) is 0 Å². The van der Waals surface area contributed by atoms with E-state index in [1.807, 2.05) is 6.08 Å². The van der Waals surface area contributed by atoms with Crippen LogP contribution in [-0.2, 0) is 4.74 Å².